The number of hydrogen-bond acceptors (Lipinski definition) is 4. The smallest absolute Gasteiger partial charge is 0.231 e. The fourth-order valence-electron chi connectivity index (χ4n) is 1.91. The summed E-state index contributed by atoms with van der Waals surface area (Å²) in [5.41, 5.74) is 7.05. The summed E-state index contributed by atoms with van der Waals surface area (Å²) < 4.78 is 16.5. The Morgan fingerprint density at radius 1 is 1.42 bits per heavy atom. The summed E-state index contributed by atoms with van der Waals surface area (Å²) in [5.74, 6) is 4.80. The first kappa shape index (κ1) is 13.6. The number of benzene rings is 1. The number of ether oxygens (including phenoxy) is 3. The minimum atomic E-state index is 0.107. The van der Waals surface area contributed by atoms with Gasteiger partial charge in [-0.15, -0.1) is 12.3 Å². The Morgan fingerprint density at radius 2 is 2.16 bits per heavy atom. The van der Waals surface area contributed by atoms with Crippen LogP contribution in [0, 0.1) is 12.3 Å². The molecule has 0 bridgehead atoms. The van der Waals surface area contributed by atoms with Crippen LogP contribution in [-0.4, -0.2) is 19.4 Å². The minimum absolute atomic E-state index is 0.107. The van der Waals surface area contributed by atoms with Crippen LogP contribution in [0.3, 0.4) is 0 Å². The summed E-state index contributed by atoms with van der Waals surface area (Å²) in [6.45, 7) is 2.81. The van der Waals surface area contributed by atoms with Crippen LogP contribution < -0.4 is 19.9 Å². The molecule has 0 amide bonds. The number of terminal acetylenes is 1. The molecule has 1 aliphatic heterocycles. The van der Waals surface area contributed by atoms with Gasteiger partial charge < -0.3 is 19.9 Å². The van der Waals surface area contributed by atoms with Crippen LogP contribution in [0.4, 0.5) is 0 Å². The van der Waals surface area contributed by atoms with Crippen LogP contribution in [0.2, 0.25) is 0 Å². The SMILES string of the molecule is C#CCCOc1cc2c(cc1CC(N)CC)OCO2. The van der Waals surface area contributed by atoms with Crippen LogP contribution in [0.1, 0.15) is 25.3 Å². The summed E-state index contributed by atoms with van der Waals surface area (Å²) in [6.07, 6.45) is 7.47. The van der Waals surface area contributed by atoms with Gasteiger partial charge >= 0.3 is 0 Å². The molecule has 1 atom stereocenters. The van der Waals surface area contributed by atoms with E-state index < -0.39 is 0 Å². The summed E-state index contributed by atoms with van der Waals surface area (Å²) in [4.78, 5) is 0. The van der Waals surface area contributed by atoms with E-state index in [4.69, 9.17) is 26.4 Å². The van der Waals surface area contributed by atoms with E-state index in [-0.39, 0.29) is 12.8 Å². The average molecular weight is 261 g/mol. The molecule has 0 radical (unpaired) electrons. The molecule has 1 unspecified atom stereocenters. The predicted octanol–water partition coefficient (Wildman–Crippen LogP) is 2.10. The van der Waals surface area contributed by atoms with Gasteiger partial charge in [0.15, 0.2) is 11.5 Å². The van der Waals surface area contributed by atoms with Crippen molar-refractivity contribution in [3.63, 3.8) is 0 Å². The topological polar surface area (TPSA) is 53.7 Å². The summed E-state index contributed by atoms with van der Waals surface area (Å²) in [5, 5.41) is 0. The first-order chi connectivity index (χ1) is 9.24. The van der Waals surface area contributed by atoms with Gasteiger partial charge in [0.05, 0.1) is 6.61 Å². The van der Waals surface area contributed by atoms with E-state index in [0.717, 1.165) is 29.9 Å². The van der Waals surface area contributed by atoms with Gasteiger partial charge in [-0.2, -0.15) is 0 Å². The van der Waals surface area contributed by atoms with Crippen molar-refractivity contribution < 1.29 is 14.2 Å². The second-order valence-corrected chi connectivity index (χ2v) is 4.49. The summed E-state index contributed by atoms with van der Waals surface area (Å²) in [7, 11) is 0. The van der Waals surface area contributed by atoms with Crippen molar-refractivity contribution in [2.45, 2.75) is 32.2 Å². The van der Waals surface area contributed by atoms with Gasteiger partial charge in [-0.05, 0) is 24.5 Å². The van der Waals surface area contributed by atoms with E-state index in [1.54, 1.807) is 0 Å². The highest BCUT2D eigenvalue weighted by Gasteiger charge is 2.19. The first-order valence-corrected chi connectivity index (χ1v) is 6.49. The highest BCUT2D eigenvalue weighted by Crippen LogP contribution is 2.38. The third kappa shape index (κ3) is 3.33. The van der Waals surface area contributed by atoms with E-state index in [2.05, 4.69) is 12.8 Å². The molecule has 19 heavy (non-hydrogen) atoms. The van der Waals surface area contributed by atoms with E-state index in [0.29, 0.717) is 18.8 Å². The molecule has 2 rings (SSSR count). The summed E-state index contributed by atoms with van der Waals surface area (Å²) in [6, 6.07) is 3.91. The van der Waals surface area contributed by atoms with Gasteiger partial charge in [-0.3, -0.25) is 0 Å². The number of rotatable bonds is 6. The highest BCUT2D eigenvalue weighted by atomic mass is 16.7. The van der Waals surface area contributed by atoms with Crippen molar-refractivity contribution in [3.05, 3.63) is 17.7 Å². The van der Waals surface area contributed by atoms with Crippen LogP contribution in [-0.2, 0) is 6.42 Å². The molecule has 1 aromatic rings. The van der Waals surface area contributed by atoms with Crippen molar-refractivity contribution in [1.29, 1.82) is 0 Å². The molecule has 4 heteroatoms. The minimum Gasteiger partial charge on any atom is -0.492 e. The molecule has 0 spiro atoms. The zero-order chi connectivity index (χ0) is 13.7. The molecule has 1 aliphatic rings. The van der Waals surface area contributed by atoms with Gasteiger partial charge in [0, 0.05) is 18.5 Å². The Morgan fingerprint density at radius 3 is 2.84 bits per heavy atom. The number of hydrogen-bond donors (Lipinski definition) is 1. The first-order valence-electron chi connectivity index (χ1n) is 6.49. The van der Waals surface area contributed by atoms with Gasteiger partial charge in [-0.25, -0.2) is 0 Å². The van der Waals surface area contributed by atoms with E-state index in [9.17, 15) is 0 Å². The fourth-order valence-corrected chi connectivity index (χ4v) is 1.91. The Bertz CT molecular complexity index is 479. The van der Waals surface area contributed by atoms with E-state index in [1.165, 1.54) is 0 Å². The van der Waals surface area contributed by atoms with Crippen molar-refractivity contribution in [2.75, 3.05) is 13.4 Å². The van der Waals surface area contributed by atoms with Crippen molar-refractivity contribution in [1.82, 2.24) is 0 Å². The molecule has 0 aliphatic carbocycles. The molecule has 0 saturated heterocycles. The molecule has 2 N–H and O–H groups in total. The van der Waals surface area contributed by atoms with Gasteiger partial charge in [0.1, 0.15) is 5.75 Å². The Hall–Kier alpha value is -1.86. The van der Waals surface area contributed by atoms with E-state index >= 15 is 0 Å². The monoisotopic (exact) mass is 261 g/mol. The van der Waals surface area contributed by atoms with Crippen molar-refractivity contribution in [2.24, 2.45) is 5.73 Å². The third-order valence-electron chi connectivity index (χ3n) is 3.07. The average Bonchev–Trinajstić information content (AvgIpc) is 2.86. The van der Waals surface area contributed by atoms with Gasteiger partial charge in [0.2, 0.25) is 6.79 Å². The molecular formula is C15H19NO3. The Kier molecular flexibility index (Phi) is 4.53. The zero-order valence-electron chi connectivity index (χ0n) is 11.1. The second-order valence-electron chi connectivity index (χ2n) is 4.49. The molecule has 1 aromatic carbocycles. The van der Waals surface area contributed by atoms with Crippen LogP contribution in [0.5, 0.6) is 17.2 Å². The molecule has 0 saturated carbocycles. The second kappa shape index (κ2) is 6.35. The quantitative estimate of drug-likeness (QED) is 0.629. The van der Waals surface area contributed by atoms with Crippen LogP contribution in [0.15, 0.2) is 12.1 Å². The van der Waals surface area contributed by atoms with E-state index in [1.807, 2.05) is 12.1 Å². The molecule has 4 nitrogen and oxygen atoms in total. The number of fused-ring (bicyclic) bond motifs is 1. The lowest BCUT2D eigenvalue weighted by Crippen LogP contribution is -2.21. The maximum atomic E-state index is 6.01. The van der Waals surface area contributed by atoms with Gasteiger partial charge in [0.25, 0.3) is 0 Å². The molecule has 0 aromatic heterocycles. The molecule has 1 heterocycles. The lowest BCUT2D eigenvalue weighted by atomic mass is 10.0. The van der Waals surface area contributed by atoms with Crippen molar-refractivity contribution >= 4 is 0 Å². The molecular weight excluding hydrogens is 242 g/mol. The lowest BCUT2D eigenvalue weighted by molar-refractivity contribution is 0.173. The lowest BCUT2D eigenvalue weighted by Gasteiger charge is -2.15. The normalized spacial score (nSPS) is 13.9. The maximum absolute atomic E-state index is 6.01. The molecule has 0 fully saturated rings. The standard InChI is InChI=1S/C15H19NO3/c1-3-5-6-17-13-9-15-14(18-10-19-15)8-11(13)7-12(16)4-2/h1,8-9,12H,4-7,10,16H2,2H3. The zero-order valence-corrected chi connectivity index (χ0v) is 11.1. The molecule has 102 valence electrons. The summed E-state index contributed by atoms with van der Waals surface area (Å²) >= 11 is 0. The van der Waals surface area contributed by atoms with Crippen LogP contribution in [0.25, 0.3) is 0 Å². The van der Waals surface area contributed by atoms with Crippen molar-refractivity contribution in [3.8, 4) is 29.6 Å². The predicted molar refractivity (Wildman–Crippen MR) is 73.5 cm³/mol. The fraction of sp³-hybridized carbons (Fsp3) is 0.467. The highest BCUT2D eigenvalue weighted by molar-refractivity contribution is 5.52. The maximum Gasteiger partial charge on any atom is 0.231 e. The van der Waals surface area contributed by atoms with Gasteiger partial charge in [-0.1, -0.05) is 6.92 Å². The Balaban J connectivity index is 2.19. The third-order valence-corrected chi connectivity index (χ3v) is 3.07. The van der Waals surface area contributed by atoms with Crippen LogP contribution >= 0.6 is 0 Å². The largest absolute Gasteiger partial charge is 0.492 e. The Labute approximate surface area is 113 Å². The number of nitrogens with two attached hydrogens (primary N) is 1.